The Morgan fingerprint density at radius 1 is 1.10 bits per heavy atom. The summed E-state index contributed by atoms with van der Waals surface area (Å²) < 4.78 is 0. The monoisotopic (exact) mass is 436 g/mol. The van der Waals surface area contributed by atoms with Gasteiger partial charge in [-0.3, -0.25) is 14.6 Å². The summed E-state index contributed by atoms with van der Waals surface area (Å²) >= 11 is 0. The number of halogens is 2. The van der Waals surface area contributed by atoms with Gasteiger partial charge in [0.2, 0.25) is 5.91 Å². The predicted octanol–water partition coefficient (Wildman–Crippen LogP) is 3.18. The summed E-state index contributed by atoms with van der Waals surface area (Å²) in [6.45, 7) is 2.53. The van der Waals surface area contributed by atoms with Gasteiger partial charge >= 0.3 is 0 Å². The molecule has 2 fully saturated rings. The molecule has 6 nitrogen and oxygen atoms in total. The second-order valence-corrected chi connectivity index (χ2v) is 7.48. The lowest BCUT2D eigenvalue weighted by Crippen LogP contribution is -2.33. The van der Waals surface area contributed by atoms with E-state index in [0.717, 1.165) is 37.9 Å². The fourth-order valence-corrected chi connectivity index (χ4v) is 3.92. The van der Waals surface area contributed by atoms with E-state index in [-0.39, 0.29) is 48.0 Å². The zero-order valence-corrected chi connectivity index (χ0v) is 17.7. The molecule has 3 N–H and O–H groups in total. The summed E-state index contributed by atoms with van der Waals surface area (Å²) in [4.78, 5) is 28.7. The number of piperidine rings is 1. The molecule has 0 radical (unpaired) electrons. The third-order valence-electron chi connectivity index (χ3n) is 5.71. The average Bonchev–Trinajstić information content (AvgIpc) is 3.40. The molecule has 1 aromatic heterocycles. The third kappa shape index (κ3) is 5.47. The largest absolute Gasteiger partial charge is 0.352 e. The van der Waals surface area contributed by atoms with Crippen LogP contribution in [-0.4, -0.2) is 29.9 Å². The molecule has 1 aliphatic heterocycles. The van der Waals surface area contributed by atoms with Crippen molar-refractivity contribution in [3.8, 4) is 0 Å². The zero-order chi connectivity index (χ0) is 18.7. The van der Waals surface area contributed by atoms with Crippen molar-refractivity contribution in [2.24, 2.45) is 11.3 Å². The minimum absolute atomic E-state index is 0. The van der Waals surface area contributed by atoms with E-state index in [2.05, 4.69) is 20.9 Å². The van der Waals surface area contributed by atoms with E-state index in [1.165, 1.54) is 0 Å². The number of carbonyl (C=O) groups excluding carboxylic acids is 2. The van der Waals surface area contributed by atoms with Gasteiger partial charge in [0.1, 0.15) is 0 Å². The summed E-state index contributed by atoms with van der Waals surface area (Å²) in [5.41, 5.74) is 2.48. The van der Waals surface area contributed by atoms with E-state index in [1.807, 2.05) is 12.1 Å². The van der Waals surface area contributed by atoms with Gasteiger partial charge in [-0.1, -0.05) is 12.1 Å². The Kier molecular flexibility index (Phi) is 8.02. The number of hydrogen-bond acceptors (Lipinski definition) is 4. The van der Waals surface area contributed by atoms with Gasteiger partial charge in [-0.2, -0.15) is 0 Å². The zero-order valence-electron chi connectivity index (χ0n) is 16.0. The first-order chi connectivity index (χ1) is 13.2. The highest BCUT2D eigenvalue weighted by atomic mass is 35.5. The van der Waals surface area contributed by atoms with Gasteiger partial charge in [0.25, 0.3) is 5.91 Å². The lowest BCUT2D eigenvalue weighted by Gasteiger charge is -2.23. The van der Waals surface area contributed by atoms with E-state index in [9.17, 15) is 9.59 Å². The van der Waals surface area contributed by atoms with Gasteiger partial charge in [0, 0.05) is 24.2 Å². The minimum atomic E-state index is -0.176. The Balaban J connectivity index is 0.00000150. The molecule has 2 aromatic rings. The van der Waals surface area contributed by atoms with Crippen molar-refractivity contribution in [2.75, 3.05) is 18.4 Å². The van der Waals surface area contributed by atoms with Gasteiger partial charge in [-0.15, -0.1) is 24.8 Å². The van der Waals surface area contributed by atoms with Crippen molar-refractivity contribution >= 4 is 42.3 Å². The van der Waals surface area contributed by atoms with Crippen LogP contribution in [0.25, 0.3) is 0 Å². The standard InChI is InChI=1S/C21H24N4O2.2ClH/c26-19(25-17-2-1-9-23-14-17)16-5-3-15(4-6-16)13-24-20(27)18-12-21(18)7-10-22-11-8-21;;/h1-6,9,14,18,22H,7-8,10-13H2,(H,24,27)(H,25,26);2*1H. The van der Waals surface area contributed by atoms with Crippen LogP contribution in [0.3, 0.4) is 0 Å². The first-order valence-corrected chi connectivity index (χ1v) is 9.45. The van der Waals surface area contributed by atoms with Crippen LogP contribution in [0.2, 0.25) is 0 Å². The molecular weight excluding hydrogens is 411 g/mol. The van der Waals surface area contributed by atoms with Crippen LogP contribution < -0.4 is 16.0 Å². The number of rotatable bonds is 5. The fraction of sp³-hybridized carbons (Fsp3) is 0.381. The lowest BCUT2D eigenvalue weighted by atomic mass is 9.92. The van der Waals surface area contributed by atoms with E-state index >= 15 is 0 Å². The molecule has 8 heteroatoms. The molecule has 2 aliphatic rings. The van der Waals surface area contributed by atoms with Crippen molar-refractivity contribution in [3.63, 3.8) is 0 Å². The van der Waals surface area contributed by atoms with Crippen molar-refractivity contribution in [1.29, 1.82) is 0 Å². The van der Waals surface area contributed by atoms with Crippen LogP contribution in [0.15, 0.2) is 48.8 Å². The second-order valence-electron chi connectivity index (χ2n) is 7.48. The molecule has 4 rings (SSSR count). The molecule has 29 heavy (non-hydrogen) atoms. The van der Waals surface area contributed by atoms with Crippen LogP contribution in [0.5, 0.6) is 0 Å². The van der Waals surface area contributed by atoms with Crippen LogP contribution >= 0.6 is 24.8 Å². The first kappa shape index (κ1) is 23.1. The number of aromatic nitrogens is 1. The van der Waals surface area contributed by atoms with Crippen LogP contribution in [-0.2, 0) is 11.3 Å². The van der Waals surface area contributed by atoms with Gasteiger partial charge in [0.05, 0.1) is 11.9 Å². The second kappa shape index (κ2) is 10.1. The van der Waals surface area contributed by atoms with Gasteiger partial charge in [-0.05, 0) is 67.6 Å². The molecule has 1 unspecified atom stereocenters. The van der Waals surface area contributed by atoms with E-state index in [0.29, 0.717) is 17.8 Å². The summed E-state index contributed by atoms with van der Waals surface area (Å²) in [7, 11) is 0. The highest BCUT2D eigenvalue weighted by Crippen LogP contribution is 2.58. The fourth-order valence-electron chi connectivity index (χ4n) is 3.92. The first-order valence-electron chi connectivity index (χ1n) is 9.45. The van der Waals surface area contributed by atoms with Gasteiger partial charge in [0.15, 0.2) is 0 Å². The van der Waals surface area contributed by atoms with Crippen molar-refractivity contribution in [3.05, 3.63) is 59.9 Å². The van der Waals surface area contributed by atoms with Crippen molar-refractivity contribution in [1.82, 2.24) is 15.6 Å². The minimum Gasteiger partial charge on any atom is -0.352 e. The van der Waals surface area contributed by atoms with E-state index in [4.69, 9.17) is 0 Å². The normalized spacial score (nSPS) is 18.7. The van der Waals surface area contributed by atoms with Crippen LogP contribution in [0.1, 0.15) is 35.2 Å². The smallest absolute Gasteiger partial charge is 0.255 e. The summed E-state index contributed by atoms with van der Waals surface area (Å²) in [6.07, 6.45) is 6.49. The maximum absolute atomic E-state index is 12.4. The molecular formula is C21H26Cl2N4O2. The SMILES string of the molecule is Cl.Cl.O=C(Nc1cccnc1)c1ccc(CNC(=O)C2CC23CCNCC3)cc1. The maximum atomic E-state index is 12.4. The number of amides is 2. The average molecular weight is 437 g/mol. The molecule has 1 aliphatic carbocycles. The van der Waals surface area contributed by atoms with Crippen molar-refractivity contribution in [2.45, 2.75) is 25.8 Å². The number of nitrogens with zero attached hydrogens (tertiary/aromatic N) is 1. The number of nitrogens with one attached hydrogen (secondary N) is 3. The summed E-state index contributed by atoms with van der Waals surface area (Å²) in [5.74, 6) is 0.156. The predicted molar refractivity (Wildman–Crippen MR) is 118 cm³/mol. The Bertz CT molecular complexity index is 824. The molecule has 1 atom stereocenters. The molecule has 1 saturated heterocycles. The summed E-state index contributed by atoms with van der Waals surface area (Å²) in [6, 6.07) is 10.9. The van der Waals surface area contributed by atoms with Gasteiger partial charge < -0.3 is 16.0 Å². The Morgan fingerprint density at radius 2 is 1.83 bits per heavy atom. The quantitative estimate of drug-likeness (QED) is 0.671. The Hall–Kier alpha value is -2.15. The van der Waals surface area contributed by atoms with Gasteiger partial charge in [-0.25, -0.2) is 0 Å². The molecule has 0 bridgehead atoms. The summed E-state index contributed by atoms with van der Waals surface area (Å²) in [5, 5.41) is 9.22. The number of hydrogen-bond donors (Lipinski definition) is 3. The third-order valence-corrected chi connectivity index (χ3v) is 5.71. The number of benzene rings is 1. The maximum Gasteiger partial charge on any atom is 0.255 e. The lowest BCUT2D eigenvalue weighted by molar-refractivity contribution is -0.123. The molecule has 1 spiro atoms. The Morgan fingerprint density at radius 3 is 2.48 bits per heavy atom. The van der Waals surface area contributed by atoms with Crippen LogP contribution in [0.4, 0.5) is 5.69 Å². The molecule has 2 heterocycles. The number of pyridine rings is 1. The molecule has 2 amide bonds. The number of carbonyl (C=O) groups is 2. The molecule has 156 valence electrons. The Labute approximate surface area is 183 Å². The molecule has 1 saturated carbocycles. The topological polar surface area (TPSA) is 83.1 Å². The number of anilines is 1. The molecule has 1 aromatic carbocycles. The van der Waals surface area contributed by atoms with Crippen molar-refractivity contribution < 1.29 is 9.59 Å². The van der Waals surface area contributed by atoms with Crippen LogP contribution in [0, 0.1) is 11.3 Å². The highest BCUT2D eigenvalue weighted by molar-refractivity contribution is 6.04. The van der Waals surface area contributed by atoms with E-state index in [1.54, 1.807) is 36.7 Å². The highest BCUT2D eigenvalue weighted by Gasteiger charge is 2.57. The van der Waals surface area contributed by atoms with E-state index < -0.39 is 0 Å².